The number of benzene rings is 2. The summed E-state index contributed by atoms with van der Waals surface area (Å²) in [6.45, 7) is 6.84. The van der Waals surface area contributed by atoms with Crippen molar-refractivity contribution < 1.29 is 38.9 Å². The first-order valence-electron chi connectivity index (χ1n) is 12.8. The Morgan fingerprint density at radius 3 is 2.44 bits per heavy atom. The fourth-order valence-electron chi connectivity index (χ4n) is 5.16. The fourth-order valence-corrected chi connectivity index (χ4v) is 5.92. The second-order valence-electron chi connectivity index (χ2n) is 10.7. The molecule has 0 aliphatic heterocycles. The molecule has 1 aromatic heterocycles. The van der Waals surface area contributed by atoms with Gasteiger partial charge in [0.15, 0.2) is 0 Å². The molecule has 0 saturated heterocycles. The van der Waals surface area contributed by atoms with Gasteiger partial charge in [-0.15, -0.1) is 11.3 Å². The largest absolute Gasteiger partial charge is 0.496 e. The highest BCUT2D eigenvalue weighted by Gasteiger charge is 2.47. The molecule has 41 heavy (non-hydrogen) atoms. The van der Waals surface area contributed by atoms with Gasteiger partial charge in [-0.2, -0.15) is 0 Å². The van der Waals surface area contributed by atoms with Crippen LogP contribution in [0.3, 0.4) is 0 Å². The van der Waals surface area contributed by atoms with E-state index in [1.807, 2.05) is 26.8 Å². The highest BCUT2D eigenvalue weighted by Crippen LogP contribution is 2.50. The van der Waals surface area contributed by atoms with Crippen LogP contribution in [0.1, 0.15) is 57.7 Å². The van der Waals surface area contributed by atoms with E-state index in [2.05, 4.69) is 0 Å². The maximum Gasteiger partial charge on any atom is 0.350 e. The first kappa shape index (κ1) is 29.9. The van der Waals surface area contributed by atoms with Crippen LogP contribution in [0.25, 0.3) is 5.57 Å². The molecular weight excluding hydrogens is 550 g/mol. The third-order valence-electron chi connectivity index (χ3n) is 7.07. The molecule has 3 aromatic rings. The van der Waals surface area contributed by atoms with Crippen LogP contribution in [0.4, 0.5) is 5.69 Å². The SMILES string of the molecule is COc1cc(OC(=O)c2ccccc2[N+](=O)[O-])ccc1C1=C(COC(=O)c2ccc(C)s2)C(C)(O)CC(C)(C)C1O. The number of rotatable bonds is 8. The molecule has 0 saturated carbocycles. The third kappa shape index (κ3) is 6.17. The normalized spacial score (nSPS) is 19.9. The number of aryl methyl sites for hydroxylation is 1. The number of hydrogen-bond donors (Lipinski definition) is 2. The predicted molar refractivity (Wildman–Crippen MR) is 152 cm³/mol. The van der Waals surface area contributed by atoms with Gasteiger partial charge >= 0.3 is 11.9 Å². The molecule has 216 valence electrons. The highest BCUT2D eigenvalue weighted by molar-refractivity contribution is 7.13. The maximum absolute atomic E-state index is 12.8. The van der Waals surface area contributed by atoms with E-state index < -0.39 is 39.7 Å². The first-order chi connectivity index (χ1) is 19.2. The van der Waals surface area contributed by atoms with Gasteiger partial charge in [-0.25, -0.2) is 9.59 Å². The zero-order chi connectivity index (χ0) is 30.1. The van der Waals surface area contributed by atoms with Crippen molar-refractivity contribution in [1.29, 1.82) is 0 Å². The van der Waals surface area contributed by atoms with E-state index in [0.717, 1.165) is 4.88 Å². The lowest BCUT2D eigenvalue weighted by Crippen LogP contribution is -2.47. The van der Waals surface area contributed by atoms with E-state index in [1.54, 1.807) is 19.1 Å². The summed E-state index contributed by atoms with van der Waals surface area (Å²) in [5.41, 5.74) is -1.77. The fraction of sp³-hybridized carbons (Fsp3) is 0.333. The van der Waals surface area contributed by atoms with Crippen molar-refractivity contribution >= 4 is 34.5 Å². The summed E-state index contributed by atoms with van der Waals surface area (Å²) >= 11 is 1.29. The molecule has 2 N–H and O–H groups in total. The van der Waals surface area contributed by atoms with E-state index in [-0.39, 0.29) is 30.1 Å². The van der Waals surface area contributed by atoms with E-state index in [0.29, 0.717) is 21.6 Å². The van der Waals surface area contributed by atoms with Crippen molar-refractivity contribution in [2.24, 2.45) is 5.41 Å². The number of aliphatic hydroxyl groups is 2. The molecule has 0 radical (unpaired) electrons. The van der Waals surface area contributed by atoms with E-state index in [4.69, 9.17) is 14.2 Å². The molecular formula is C30H31NO9S. The zero-order valence-electron chi connectivity index (χ0n) is 23.3. The minimum Gasteiger partial charge on any atom is -0.496 e. The lowest BCUT2D eigenvalue weighted by Gasteiger charge is -2.46. The summed E-state index contributed by atoms with van der Waals surface area (Å²) in [5.74, 6) is -1.22. The Labute approximate surface area is 241 Å². The third-order valence-corrected chi connectivity index (χ3v) is 8.05. The molecule has 1 heterocycles. The Balaban J connectivity index is 1.73. The van der Waals surface area contributed by atoms with Crippen molar-refractivity contribution in [2.75, 3.05) is 13.7 Å². The number of nitro benzene ring substituents is 1. The molecule has 0 fully saturated rings. The van der Waals surface area contributed by atoms with Crippen LogP contribution in [-0.2, 0) is 4.74 Å². The number of para-hydroxylation sites is 1. The minimum absolute atomic E-state index is 0.0479. The van der Waals surface area contributed by atoms with Crippen LogP contribution in [0.15, 0.2) is 60.2 Å². The first-order valence-corrected chi connectivity index (χ1v) is 13.6. The molecule has 2 unspecified atom stereocenters. The summed E-state index contributed by atoms with van der Waals surface area (Å²) in [5, 5.41) is 34.4. The van der Waals surface area contributed by atoms with Crippen molar-refractivity contribution in [3.05, 3.63) is 91.2 Å². The number of esters is 2. The Morgan fingerprint density at radius 1 is 1.10 bits per heavy atom. The number of carbonyl (C=O) groups excluding carboxylic acids is 2. The Morgan fingerprint density at radius 2 is 1.80 bits per heavy atom. The summed E-state index contributed by atoms with van der Waals surface area (Å²) < 4.78 is 16.6. The number of thiophene rings is 1. The zero-order valence-corrected chi connectivity index (χ0v) is 24.1. The van der Waals surface area contributed by atoms with Gasteiger partial charge in [0.1, 0.15) is 28.5 Å². The van der Waals surface area contributed by atoms with Crippen molar-refractivity contribution in [3.8, 4) is 11.5 Å². The van der Waals surface area contributed by atoms with Crippen molar-refractivity contribution in [3.63, 3.8) is 0 Å². The van der Waals surface area contributed by atoms with Gasteiger partial charge in [-0.3, -0.25) is 10.1 Å². The lowest BCUT2D eigenvalue weighted by molar-refractivity contribution is -0.385. The van der Waals surface area contributed by atoms with Crippen LogP contribution in [0.2, 0.25) is 0 Å². The molecule has 0 amide bonds. The minimum atomic E-state index is -1.44. The summed E-state index contributed by atoms with van der Waals surface area (Å²) in [7, 11) is 1.39. The van der Waals surface area contributed by atoms with Crippen LogP contribution in [-0.4, -0.2) is 52.5 Å². The molecule has 1 aliphatic carbocycles. The van der Waals surface area contributed by atoms with Gasteiger partial charge in [0.05, 0.1) is 23.7 Å². The number of ether oxygens (including phenoxy) is 3. The lowest BCUT2D eigenvalue weighted by atomic mass is 9.64. The quantitative estimate of drug-likeness (QED) is 0.156. The highest BCUT2D eigenvalue weighted by atomic mass is 32.1. The number of methoxy groups -OCH3 is 1. The topological polar surface area (TPSA) is 145 Å². The average molecular weight is 582 g/mol. The van der Waals surface area contributed by atoms with E-state index >= 15 is 0 Å². The molecule has 2 atom stereocenters. The number of aliphatic hydroxyl groups excluding tert-OH is 1. The summed E-state index contributed by atoms with van der Waals surface area (Å²) in [6.07, 6.45) is -0.876. The molecule has 4 rings (SSSR count). The Hall–Kier alpha value is -4.06. The van der Waals surface area contributed by atoms with Gasteiger partial charge in [-0.05, 0) is 61.6 Å². The number of carbonyl (C=O) groups is 2. The second-order valence-corrected chi connectivity index (χ2v) is 12.0. The number of nitro groups is 1. The molecule has 10 nitrogen and oxygen atoms in total. The molecule has 0 bridgehead atoms. The number of nitrogens with zero attached hydrogens (tertiary/aromatic N) is 1. The van der Waals surface area contributed by atoms with Crippen LogP contribution < -0.4 is 9.47 Å². The van der Waals surface area contributed by atoms with Crippen molar-refractivity contribution in [2.45, 2.75) is 45.8 Å². The standard InChI is InChI=1S/C30H31NO9S/c1-17-10-13-24(41-17)28(34)39-15-21-25(26(32)29(2,3)16-30(21,4)35)20-12-11-18(14-23(20)38-5)40-27(33)19-8-6-7-9-22(19)31(36)37/h6-14,26,32,35H,15-16H2,1-5H3. The predicted octanol–water partition coefficient (Wildman–Crippen LogP) is 5.34. The Kier molecular flexibility index (Phi) is 8.34. The molecule has 0 spiro atoms. The maximum atomic E-state index is 12.8. The van der Waals surface area contributed by atoms with Gasteiger partial charge < -0.3 is 24.4 Å². The van der Waals surface area contributed by atoms with E-state index in [1.165, 1.54) is 54.8 Å². The van der Waals surface area contributed by atoms with Crippen LogP contribution >= 0.6 is 11.3 Å². The van der Waals surface area contributed by atoms with Crippen molar-refractivity contribution in [1.82, 2.24) is 0 Å². The molecule has 2 aromatic carbocycles. The van der Waals surface area contributed by atoms with Gasteiger partial charge in [0.25, 0.3) is 5.69 Å². The second kappa shape index (κ2) is 11.4. The number of hydrogen-bond acceptors (Lipinski definition) is 10. The Bertz CT molecular complexity index is 1540. The summed E-state index contributed by atoms with van der Waals surface area (Å²) in [4.78, 5) is 37.5. The van der Waals surface area contributed by atoms with Gasteiger partial charge in [-0.1, -0.05) is 26.0 Å². The summed E-state index contributed by atoms with van der Waals surface area (Å²) in [6, 6.07) is 13.3. The van der Waals surface area contributed by atoms with Crippen LogP contribution in [0.5, 0.6) is 11.5 Å². The average Bonchev–Trinajstić information content (AvgIpc) is 3.35. The molecule has 11 heteroatoms. The smallest absolute Gasteiger partial charge is 0.350 e. The van der Waals surface area contributed by atoms with Gasteiger partial charge in [0, 0.05) is 28.1 Å². The molecule has 1 aliphatic rings. The van der Waals surface area contributed by atoms with E-state index in [9.17, 15) is 29.9 Å². The van der Waals surface area contributed by atoms with Crippen LogP contribution in [0, 0.1) is 22.5 Å². The van der Waals surface area contributed by atoms with Gasteiger partial charge in [0.2, 0.25) is 0 Å². The monoisotopic (exact) mass is 581 g/mol.